The molecular formula is C18H32F2N2OSi. The molecule has 0 spiro atoms. The van der Waals surface area contributed by atoms with Gasteiger partial charge in [0.15, 0.2) is 8.32 Å². The Labute approximate surface area is 146 Å². The summed E-state index contributed by atoms with van der Waals surface area (Å²) in [6.45, 7) is 13.6. The predicted molar refractivity (Wildman–Crippen MR) is 99.2 cm³/mol. The van der Waals surface area contributed by atoms with E-state index in [-0.39, 0.29) is 23.8 Å². The Morgan fingerprint density at radius 1 is 1.25 bits per heavy atom. The molecule has 1 aromatic heterocycles. The number of aryl methyl sites for hydroxylation is 1. The summed E-state index contributed by atoms with van der Waals surface area (Å²) in [6, 6.07) is 1.73. The summed E-state index contributed by atoms with van der Waals surface area (Å²) in [7, 11) is -2.17. The molecule has 0 radical (unpaired) electrons. The Morgan fingerprint density at radius 3 is 2.33 bits per heavy atom. The van der Waals surface area contributed by atoms with Gasteiger partial charge in [0.05, 0.1) is 18.0 Å². The van der Waals surface area contributed by atoms with E-state index in [9.17, 15) is 8.78 Å². The van der Waals surface area contributed by atoms with Gasteiger partial charge < -0.3 is 10.2 Å². The lowest BCUT2D eigenvalue weighted by Crippen LogP contribution is -2.44. The van der Waals surface area contributed by atoms with Crippen LogP contribution in [0.1, 0.15) is 58.2 Å². The maximum Gasteiger partial charge on any atom is 0.270 e. The molecule has 1 aromatic rings. The number of nitrogens with zero attached hydrogens (tertiary/aromatic N) is 1. The molecule has 0 saturated heterocycles. The fourth-order valence-electron chi connectivity index (χ4n) is 2.10. The van der Waals surface area contributed by atoms with Gasteiger partial charge in [0.2, 0.25) is 0 Å². The van der Waals surface area contributed by atoms with Crippen LogP contribution in [0.4, 0.5) is 14.5 Å². The van der Waals surface area contributed by atoms with Crippen LogP contribution >= 0.6 is 0 Å². The zero-order valence-electron chi connectivity index (χ0n) is 16.0. The first-order valence-corrected chi connectivity index (χ1v) is 11.4. The van der Waals surface area contributed by atoms with E-state index in [4.69, 9.17) is 10.2 Å². The predicted octanol–water partition coefficient (Wildman–Crippen LogP) is 5.38. The highest BCUT2D eigenvalue weighted by Crippen LogP contribution is 2.38. The quantitative estimate of drug-likeness (QED) is 0.666. The molecule has 3 nitrogen and oxygen atoms in total. The second-order valence-corrected chi connectivity index (χ2v) is 13.1. The van der Waals surface area contributed by atoms with Crippen LogP contribution in [0.3, 0.4) is 0 Å². The van der Waals surface area contributed by atoms with Crippen molar-refractivity contribution >= 4 is 14.0 Å². The monoisotopic (exact) mass is 358 g/mol. The SMILES string of the molecule is CC(C)c1nccc(CCC(F)(F)CO[Si](C)(C)C(C)(C)C)c1N. The van der Waals surface area contributed by atoms with E-state index < -0.39 is 20.8 Å². The number of halogens is 2. The van der Waals surface area contributed by atoms with Gasteiger partial charge in [0.25, 0.3) is 5.92 Å². The minimum Gasteiger partial charge on any atom is -0.411 e. The van der Waals surface area contributed by atoms with Crippen LogP contribution in [-0.4, -0.2) is 25.8 Å². The van der Waals surface area contributed by atoms with E-state index in [1.807, 2.05) is 47.7 Å². The molecule has 138 valence electrons. The molecule has 2 N–H and O–H groups in total. The number of anilines is 1. The molecule has 0 aliphatic rings. The summed E-state index contributed by atoms with van der Waals surface area (Å²) >= 11 is 0. The molecule has 0 aromatic carbocycles. The highest BCUT2D eigenvalue weighted by atomic mass is 28.4. The van der Waals surface area contributed by atoms with Crippen LogP contribution in [0.2, 0.25) is 18.1 Å². The van der Waals surface area contributed by atoms with Gasteiger partial charge in [-0.15, -0.1) is 0 Å². The van der Waals surface area contributed by atoms with Crippen molar-refractivity contribution < 1.29 is 13.2 Å². The first-order chi connectivity index (χ1) is 10.8. The zero-order chi connectivity index (χ0) is 18.8. The largest absolute Gasteiger partial charge is 0.411 e. The van der Waals surface area contributed by atoms with E-state index in [2.05, 4.69) is 4.98 Å². The Balaban J connectivity index is 2.71. The molecule has 0 aliphatic carbocycles. The first-order valence-electron chi connectivity index (χ1n) is 8.52. The molecule has 0 unspecified atom stereocenters. The van der Waals surface area contributed by atoms with E-state index in [0.29, 0.717) is 5.69 Å². The number of hydrogen-bond donors (Lipinski definition) is 1. The van der Waals surface area contributed by atoms with Crippen LogP contribution in [-0.2, 0) is 10.8 Å². The van der Waals surface area contributed by atoms with Gasteiger partial charge in [-0.25, -0.2) is 8.78 Å². The molecule has 1 rings (SSSR count). The maximum absolute atomic E-state index is 14.3. The highest BCUT2D eigenvalue weighted by molar-refractivity contribution is 6.74. The van der Waals surface area contributed by atoms with Crippen LogP contribution in [0.5, 0.6) is 0 Å². The van der Waals surface area contributed by atoms with Gasteiger partial charge in [0, 0.05) is 12.6 Å². The van der Waals surface area contributed by atoms with Gasteiger partial charge in [0.1, 0.15) is 0 Å². The van der Waals surface area contributed by atoms with Gasteiger partial charge >= 0.3 is 0 Å². The molecule has 0 bridgehead atoms. The Hall–Kier alpha value is -1.01. The van der Waals surface area contributed by atoms with E-state index in [1.165, 1.54) is 0 Å². The van der Waals surface area contributed by atoms with Crippen LogP contribution in [0.15, 0.2) is 12.3 Å². The minimum atomic E-state index is -2.86. The average Bonchev–Trinajstić information content (AvgIpc) is 2.43. The van der Waals surface area contributed by atoms with E-state index >= 15 is 0 Å². The standard InChI is InChI=1S/C18H32F2N2OSi/c1-13(2)16-15(21)14(9-11-22-16)8-10-18(19,20)12-23-24(6,7)17(3,4)5/h9,11,13H,8,10,12,21H2,1-7H3. The normalized spacial score (nSPS) is 13.6. The minimum absolute atomic E-state index is 0.0786. The van der Waals surface area contributed by atoms with Crippen LogP contribution < -0.4 is 5.73 Å². The van der Waals surface area contributed by atoms with Crippen LogP contribution in [0, 0.1) is 0 Å². The summed E-state index contributed by atoms with van der Waals surface area (Å²) in [5, 5.41) is -0.0786. The maximum atomic E-state index is 14.3. The number of hydrogen-bond acceptors (Lipinski definition) is 3. The van der Waals surface area contributed by atoms with Crippen molar-refractivity contribution in [1.82, 2.24) is 4.98 Å². The molecule has 6 heteroatoms. The number of rotatable bonds is 7. The van der Waals surface area contributed by atoms with Crippen LogP contribution in [0.25, 0.3) is 0 Å². The summed E-state index contributed by atoms with van der Waals surface area (Å²) in [5.41, 5.74) is 8.13. The zero-order valence-corrected chi connectivity index (χ0v) is 17.0. The molecule has 24 heavy (non-hydrogen) atoms. The summed E-state index contributed by atoms with van der Waals surface area (Å²) in [5.74, 6) is -2.68. The fraction of sp³-hybridized carbons (Fsp3) is 0.722. The topological polar surface area (TPSA) is 48.1 Å². The van der Waals surface area contributed by atoms with Crippen molar-refractivity contribution in [3.63, 3.8) is 0 Å². The molecule has 0 saturated carbocycles. The van der Waals surface area contributed by atoms with Crippen molar-refractivity contribution in [1.29, 1.82) is 0 Å². The second kappa shape index (κ2) is 7.48. The number of aromatic nitrogens is 1. The fourth-order valence-corrected chi connectivity index (χ4v) is 3.11. The highest BCUT2D eigenvalue weighted by Gasteiger charge is 2.40. The van der Waals surface area contributed by atoms with E-state index in [0.717, 1.165) is 11.3 Å². The van der Waals surface area contributed by atoms with Gasteiger partial charge in [-0.3, -0.25) is 4.98 Å². The Morgan fingerprint density at radius 2 is 1.83 bits per heavy atom. The van der Waals surface area contributed by atoms with Crippen molar-refractivity contribution in [2.75, 3.05) is 12.3 Å². The lowest BCUT2D eigenvalue weighted by atomic mass is 10.0. The molecule has 0 fully saturated rings. The van der Waals surface area contributed by atoms with E-state index in [1.54, 1.807) is 12.3 Å². The second-order valence-electron chi connectivity index (χ2n) is 8.33. The lowest BCUT2D eigenvalue weighted by molar-refractivity contribution is -0.0512. The first kappa shape index (κ1) is 21.0. The van der Waals surface area contributed by atoms with Gasteiger partial charge in [-0.2, -0.15) is 0 Å². The smallest absolute Gasteiger partial charge is 0.270 e. The summed E-state index contributed by atoms with van der Waals surface area (Å²) in [6.07, 6.45) is 1.60. The number of nitrogens with two attached hydrogens (primary N) is 1. The third kappa shape index (κ3) is 5.52. The van der Waals surface area contributed by atoms with Crippen molar-refractivity contribution in [2.24, 2.45) is 0 Å². The van der Waals surface area contributed by atoms with Crippen molar-refractivity contribution in [2.45, 2.75) is 77.4 Å². The summed E-state index contributed by atoms with van der Waals surface area (Å²) in [4.78, 5) is 4.25. The lowest BCUT2D eigenvalue weighted by Gasteiger charge is -2.37. The molecular weight excluding hydrogens is 326 g/mol. The third-order valence-corrected chi connectivity index (χ3v) is 9.35. The van der Waals surface area contributed by atoms with Gasteiger partial charge in [-0.1, -0.05) is 34.6 Å². The third-order valence-electron chi connectivity index (χ3n) is 4.87. The Kier molecular flexibility index (Phi) is 6.55. The van der Waals surface area contributed by atoms with Crippen molar-refractivity contribution in [3.8, 4) is 0 Å². The molecule has 1 heterocycles. The molecule has 0 amide bonds. The van der Waals surface area contributed by atoms with Gasteiger partial charge in [-0.05, 0) is 42.1 Å². The van der Waals surface area contributed by atoms with Crippen molar-refractivity contribution in [3.05, 3.63) is 23.5 Å². The number of nitrogen functional groups attached to an aromatic ring is 1. The molecule has 0 atom stereocenters. The Bertz CT molecular complexity index is 554. The number of alkyl halides is 2. The average molecular weight is 359 g/mol. The number of pyridine rings is 1. The molecule has 0 aliphatic heterocycles. The summed E-state index contributed by atoms with van der Waals surface area (Å²) < 4.78 is 34.2.